The molecule has 0 radical (unpaired) electrons. The zero-order valence-electron chi connectivity index (χ0n) is 19.3. The predicted molar refractivity (Wildman–Crippen MR) is 131 cm³/mol. The van der Waals surface area contributed by atoms with E-state index in [0.717, 1.165) is 22.0 Å². The van der Waals surface area contributed by atoms with E-state index >= 15 is 0 Å². The van der Waals surface area contributed by atoms with Crippen LogP contribution in [0.4, 0.5) is 0 Å². The van der Waals surface area contributed by atoms with Crippen LogP contribution in [0.2, 0.25) is 0 Å². The summed E-state index contributed by atoms with van der Waals surface area (Å²) >= 11 is 3.49. The van der Waals surface area contributed by atoms with Gasteiger partial charge in [-0.15, -0.1) is 0 Å². The summed E-state index contributed by atoms with van der Waals surface area (Å²) in [5.74, 6) is 0.361. The minimum absolute atomic E-state index is 0.0142. The number of halogens is 1. The highest BCUT2D eigenvalue weighted by molar-refractivity contribution is 9.10. The molecule has 5 heteroatoms. The van der Waals surface area contributed by atoms with E-state index in [1.54, 1.807) is 4.90 Å². The van der Waals surface area contributed by atoms with Gasteiger partial charge in [0.05, 0.1) is 0 Å². The van der Waals surface area contributed by atoms with Gasteiger partial charge in [0.15, 0.2) is 0 Å². The lowest BCUT2D eigenvalue weighted by Crippen LogP contribution is -2.49. The minimum atomic E-state index is -0.538. The third-order valence-corrected chi connectivity index (χ3v) is 6.18. The molecule has 0 bridgehead atoms. The highest BCUT2D eigenvalue weighted by Gasteiger charge is 2.26. The second kappa shape index (κ2) is 12.0. The number of nitrogens with zero attached hydrogens (tertiary/aromatic N) is 1. The standard InChI is InChI=1S/C26H35BrN2O2/c1-6-19(4)28-26(31)20(5)29(17-22-8-7-9-24(27)16-22)25(30)15-12-21-10-13-23(14-11-21)18(2)3/h7-11,13-14,16,18-20H,6,12,15,17H2,1-5H3,(H,28,31)/t19-,20-/m1/s1. The highest BCUT2D eigenvalue weighted by Crippen LogP contribution is 2.18. The number of benzene rings is 2. The molecule has 0 saturated heterocycles. The number of hydrogen-bond acceptors (Lipinski definition) is 2. The van der Waals surface area contributed by atoms with Crippen molar-refractivity contribution in [2.45, 2.75) is 78.4 Å². The molecule has 0 spiro atoms. The summed E-state index contributed by atoms with van der Waals surface area (Å²) in [5.41, 5.74) is 3.42. The first-order valence-corrected chi connectivity index (χ1v) is 11.9. The van der Waals surface area contributed by atoms with Crippen molar-refractivity contribution < 1.29 is 9.59 Å². The summed E-state index contributed by atoms with van der Waals surface area (Å²) < 4.78 is 0.958. The third-order valence-electron chi connectivity index (χ3n) is 5.68. The maximum Gasteiger partial charge on any atom is 0.242 e. The Morgan fingerprint density at radius 1 is 1.00 bits per heavy atom. The highest BCUT2D eigenvalue weighted by atomic mass is 79.9. The van der Waals surface area contributed by atoms with Gasteiger partial charge in [-0.1, -0.05) is 73.1 Å². The topological polar surface area (TPSA) is 49.4 Å². The molecular weight excluding hydrogens is 452 g/mol. The van der Waals surface area contributed by atoms with Gasteiger partial charge >= 0.3 is 0 Å². The summed E-state index contributed by atoms with van der Waals surface area (Å²) in [6.07, 6.45) is 1.88. The van der Waals surface area contributed by atoms with Gasteiger partial charge in [-0.2, -0.15) is 0 Å². The smallest absolute Gasteiger partial charge is 0.242 e. The first kappa shape index (κ1) is 25.1. The predicted octanol–water partition coefficient (Wildman–Crippen LogP) is 5.84. The van der Waals surface area contributed by atoms with E-state index in [0.29, 0.717) is 25.3 Å². The lowest BCUT2D eigenvalue weighted by Gasteiger charge is -2.30. The number of rotatable bonds is 10. The van der Waals surface area contributed by atoms with Crippen LogP contribution in [0.3, 0.4) is 0 Å². The van der Waals surface area contributed by atoms with Crippen LogP contribution in [0.1, 0.15) is 70.1 Å². The van der Waals surface area contributed by atoms with E-state index in [1.165, 1.54) is 5.56 Å². The molecule has 0 heterocycles. The van der Waals surface area contributed by atoms with Crippen LogP contribution in [0.15, 0.2) is 53.0 Å². The van der Waals surface area contributed by atoms with Gasteiger partial charge in [-0.3, -0.25) is 9.59 Å². The van der Waals surface area contributed by atoms with Crippen LogP contribution in [0.5, 0.6) is 0 Å². The van der Waals surface area contributed by atoms with Gasteiger partial charge in [0.2, 0.25) is 11.8 Å². The molecule has 0 aromatic heterocycles. The lowest BCUT2D eigenvalue weighted by atomic mass is 10.00. The molecule has 0 saturated carbocycles. The number of carbonyl (C=O) groups is 2. The molecule has 0 aliphatic heterocycles. The number of carbonyl (C=O) groups excluding carboxylic acids is 2. The molecular formula is C26H35BrN2O2. The molecule has 2 aromatic rings. The van der Waals surface area contributed by atoms with Gasteiger partial charge in [-0.05, 0) is 61.4 Å². The number of amides is 2. The van der Waals surface area contributed by atoms with Gasteiger partial charge < -0.3 is 10.2 Å². The Kier molecular flexibility index (Phi) is 9.76. The van der Waals surface area contributed by atoms with Crippen molar-refractivity contribution in [3.05, 3.63) is 69.7 Å². The summed E-state index contributed by atoms with van der Waals surface area (Å²) in [5, 5.41) is 3.01. The number of aryl methyl sites for hydroxylation is 1. The average molecular weight is 487 g/mol. The van der Waals surface area contributed by atoms with Gasteiger partial charge in [0.1, 0.15) is 6.04 Å². The van der Waals surface area contributed by atoms with Crippen molar-refractivity contribution in [3.63, 3.8) is 0 Å². The van der Waals surface area contributed by atoms with Gasteiger partial charge in [0.25, 0.3) is 0 Å². The molecule has 2 atom stereocenters. The van der Waals surface area contributed by atoms with E-state index in [4.69, 9.17) is 0 Å². The van der Waals surface area contributed by atoms with Crippen LogP contribution in [-0.4, -0.2) is 28.8 Å². The molecule has 0 aliphatic rings. The zero-order chi connectivity index (χ0) is 23.0. The third kappa shape index (κ3) is 7.80. The van der Waals surface area contributed by atoms with Crippen molar-refractivity contribution in [1.29, 1.82) is 0 Å². The maximum absolute atomic E-state index is 13.2. The average Bonchev–Trinajstić information content (AvgIpc) is 2.75. The van der Waals surface area contributed by atoms with Crippen LogP contribution >= 0.6 is 15.9 Å². The van der Waals surface area contributed by atoms with Crippen LogP contribution < -0.4 is 5.32 Å². The van der Waals surface area contributed by atoms with Crippen LogP contribution in [0.25, 0.3) is 0 Å². The largest absolute Gasteiger partial charge is 0.352 e. The van der Waals surface area contributed by atoms with Crippen molar-refractivity contribution in [1.82, 2.24) is 10.2 Å². The zero-order valence-corrected chi connectivity index (χ0v) is 20.9. The van der Waals surface area contributed by atoms with E-state index in [2.05, 4.69) is 59.4 Å². The second-order valence-electron chi connectivity index (χ2n) is 8.54. The first-order valence-electron chi connectivity index (χ1n) is 11.1. The molecule has 2 aromatic carbocycles. The molecule has 1 N–H and O–H groups in total. The van der Waals surface area contributed by atoms with Gasteiger partial charge in [0, 0.05) is 23.5 Å². The summed E-state index contributed by atoms with van der Waals surface area (Å²) in [6.45, 7) is 10.6. The Hall–Kier alpha value is -2.14. The minimum Gasteiger partial charge on any atom is -0.352 e. The van der Waals surface area contributed by atoms with E-state index in [-0.39, 0.29) is 17.9 Å². The van der Waals surface area contributed by atoms with Crippen molar-refractivity contribution in [3.8, 4) is 0 Å². The Bertz CT molecular complexity index is 864. The SMILES string of the molecule is CC[C@@H](C)NC(=O)[C@@H](C)N(Cc1cccc(Br)c1)C(=O)CCc1ccc(C(C)C)cc1. The molecule has 168 valence electrons. The van der Waals surface area contributed by atoms with Gasteiger partial charge in [-0.25, -0.2) is 0 Å². The summed E-state index contributed by atoms with van der Waals surface area (Å²) in [7, 11) is 0. The lowest BCUT2D eigenvalue weighted by molar-refractivity contribution is -0.140. The van der Waals surface area contributed by atoms with Crippen molar-refractivity contribution in [2.24, 2.45) is 0 Å². The van der Waals surface area contributed by atoms with Crippen LogP contribution in [-0.2, 0) is 22.6 Å². The molecule has 0 unspecified atom stereocenters. The fourth-order valence-electron chi connectivity index (χ4n) is 3.34. The molecule has 31 heavy (non-hydrogen) atoms. The monoisotopic (exact) mass is 486 g/mol. The fourth-order valence-corrected chi connectivity index (χ4v) is 3.79. The maximum atomic E-state index is 13.2. The van der Waals surface area contributed by atoms with E-state index in [9.17, 15) is 9.59 Å². The Labute approximate surface area is 195 Å². The summed E-state index contributed by atoms with van der Waals surface area (Å²) in [6, 6.07) is 15.9. The Morgan fingerprint density at radius 2 is 1.68 bits per heavy atom. The number of hydrogen-bond donors (Lipinski definition) is 1. The van der Waals surface area contributed by atoms with Crippen molar-refractivity contribution >= 4 is 27.7 Å². The van der Waals surface area contributed by atoms with Crippen LogP contribution in [0, 0.1) is 0 Å². The Morgan fingerprint density at radius 3 is 2.26 bits per heavy atom. The number of nitrogens with one attached hydrogen (secondary N) is 1. The first-order chi connectivity index (χ1) is 14.7. The van der Waals surface area contributed by atoms with E-state index in [1.807, 2.05) is 45.0 Å². The fraction of sp³-hybridized carbons (Fsp3) is 0.462. The summed E-state index contributed by atoms with van der Waals surface area (Å²) in [4.78, 5) is 27.7. The normalized spacial score (nSPS) is 13.0. The molecule has 4 nitrogen and oxygen atoms in total. The molecule has 2 rings (SSSR count). The second-order valence-corrected chi connectivity index (χ2v) is 9.46. The molecule has 0 fully saturated rings. The van der Waals surface area contributed by atoms with Crippen molar-refractivity contribution in [2.75, 3.05) is 0 Å². The molecule has 2 amide bonds. The Balaban J connectivity index is 2.13. The van der Waals surface area contributed by atoms with E-state index < -0.39 is 6.04 Å². The quantitative estimate of drug-likeness (QED) is 0.458. The molecule has 0 aliphatic carbocycles.